The highest BCUT2D eigenvalue weighted by atomic mass is 79.9. The quantitative estimate of drug-likeness (QED) is 0.290. The molecule has 0 aromatic carbocycles. The minimum Gasteiger partial charge on any atom is -0.481 e. The van der Waals surface area contributed by atoms with Gasteiger partial charge >= 0.3 is 0 Å². The van der Waals surface area contributed by atoms with E-state index in [2.05, 4.69) is 46.8 Å². The Bertz CT molecular complexity index is 1120. The standard InChI is InChI=1S/C8H9BrClNO.C8H10BrNO.C8H10ClNO/c1-4-6(9)5(2)11-8(12-3)7(4)10;1-5-4-7(11-3)10-6(2)8(5)9;1-5-4-6(2)10-8(11-3)7(5)9/h1-3H3;2*4H,1-3H3. The average molecular weight is 638 g/mol. The van der Waals surface area contributed by atoms with E-state index in [1.54, 1.807) is 21.3 Å². The number of rotatable bonds is 3. The summed E-state index contributed by atoms with van der Waals surface area (Å²) in [4.78, 5) is 12.4. The number of aromatic nitrogens is 3. The van der Waals surface area contributed by atoms with E-state index < -0.39 is 0 Å². The molecule has 0 aliphatic carbocycles. The highest BCUT2D eigenvalue weighted by molar-refractivity contribution is 9.10. The summed E-state index contributed by atoms with van der Waals surface area (Å²) in [6, 6.07) is 3.82. The fourth-order valence-electron chi connectivity index (χ4n) is 2.72. The maximum atomic E-state index is 5.95. The molecule has 0 spiro atoms. The molecule has 3 aromatic rings. The van der Waals surface area contributed by atoms with Gasteiger partial charge in [-0.25, -0.2) is 15.0 Å². The van der Waals surface area contributed by atoms with Gasteiger partial charge in [-0.3, -0.25) is 0 Å². The molecule has 3 rings (SSSR count). The van der Waals surface area contributed by atoms with Crippen LogP contribution in [-0.2, 0) is 0 Å². The molecule has 0 amide bonds. The Balaban J connectivity index is 0.000000255. The lowest BCUT2D eigenvalue weighted by Crippen LogP contribution is -1.95. The van der Waals surface area contributed by atoms with Gasteiger partial charge in [0.25, 0.3) is 0 Å². The van der Waals surface area contributed by atoms with Gasteiger partial charge in [0.2, 0.25) is 17.6 Å². The maximum Gasteiger partial charge on any atom is 0.232 e. The Kier molecular flexibility index (Phi) is 12.6. The second-order valence-electron chi connectivity index (χ2n) is 7.24. The van der Waals surface area contributed by atoms with Gasteiger partial charge in [-0.1, -0.05) is 23.2 Å². The van der Waals surface area contributed by atoms with E-state index in [0.29, 0.717) is 27.7 Å². The average Bonchev–Trinajstić information content (AvgIpc) is 2.81. The van der Waals surface area contributed by atoms with Crippen LogP contribution in [0.15, 0.2) is 21.1 Å². The molecule has 186 valence electrons. The van der Waals surface area contributed by atoms with Crippen molar-refractivity contribution in [1.29, 1.82) is 0 Å². The molecule has 0 saturated carbocycles. The summed E-state index contributed by atoms with van der Waals surface area (Å²) >= 11 is 18.6. The highest BCUT2D eigenvalue weighted by Crippen LogP contribution is 2.32. The van der Waals surface area contributed by atoms with Crippen molar-refractivity contribution in [2.24, 2.45) is 0 Å². The fourth-order valence-corrected chi connectivity index (χ4v) is 3.71. The Hall–Kier alpha value is -1.61. The predicted octanol–water partition coefficient (Wildman–Crippen LogP) is 7.95. The van der Waals surface area contributed by atoms with Crippen LogP contribution in [0.25, 0.3) is 0 Å². The number of hydrogen-bond donors (Lipinski definition) is 0. The number of aryl methyl sites for hydroxylation is 5. The Labute approximate surface area is 228 Å². The minimum atomic E-state index is 0.481. The van der Waals surface area contributed by atoms with Crippen LogP contribution in [-0.4, -0.2) is 36.3 Å². The second kappa shape index (κ2) is 14.1. The predicted molar refractivity (Wildman–Crippen MR) is 146 cm³/mol. The molecule has 0 aliphatic heterocycles. The summed E-state index contributed by atoms with van der Waals surface area (Å²) in [7, 11) is 4.74. The van der Waals surface area contributed by atoms with Gasteiger partial charge in [-0.05, 0) is 96.2 Å². The smallest absolute Gasteiger partial charge is 0.232 e. The maximum absolute atomic E-state index is 5.95. The first kappa shape index (κ1) is 30.4. The number of methoxy groups -OCH3 is 3. The van der Waals surface area contributed by atoms with Crippen molar-refractivity contribution in [2.75, 3.05) is 21.3 Å². The van der Waals surface area contributed by atoms with Crippen molar-refractivity contribution < 1.29 is 14.2 Å². The number of hydrogen-bond acceptors (Lipinski definition) is 6. The van der Waals surface area contributed by atoms with E-state index in [1.165, 1.54) is 0 Å². The molecule has 0 atom stereocenters. The van der Waals surface area contributed by atoms with Crippen molar-refractivity contribution >= 4 is 55.1 Å². The first-order valence-corrected chi connectivity index (χ1v) is 12.4. The van der Waals surface area contributed by atoms with Crippen LogP contribution in [0, 0.1) is 41.5 Å². The molecule has 3 heterocycles. The van der Waals surface area contributed by atoms with E-state index in [1.807, 2.05) is 53.7 Å². The van der Waals surface area contributed by atoms with Gasteiger partial charge in [0.15, 0.2) is 0 Å². The van der Waals surface area contributed by atoms with Crippen molar-refractivity contribution in [3.63, 3.8) is 0 Å². The van der Waals surface area contributed by atoms with Crippen LogP contribution in [0.5, 0.6) is 17.6 Å². The topological polar surface area (TPSA) is 66.4 Å². The molecule has 0 unspecified atom stereocenters. The van der Waals surface area contributed by atoms with Crippen molar-refractivity contribution in [3.05, 3.63) is 64.9 Å². The minimum absolute atomic E-state index is 0.481. The number of pyridine rings is 3. The summed E-state index contributed by atoms with van der Waals surface area (Å²) in [5.74, 6) is 1.65. The van der Waals surface area contributed by atoms with E-state index in [-0.39, 0.29) is 0 Å². The molecule has 10 heteroatoms. The summed E-state index contributed by atoms with van der Waals surface area (Å²) in [5.41, 5.74) is 5.87. The zero-order valence-electron chi connectivity index (χ0n) is 20.7. The Morgan fingerprint density at radius 3 is 1.68 bits per heavy atom. The third kappa shape index (κ3) is 8.26. The van der Waals surface area contributed by atoms with Crippen LogP contribution in [0.3, 0.4) is 0 Å². The highest BCUT2D eigenvalue weighted by Gasteiger charge is 2.11. The molecule has 0 N–H and O–H groups in total. The van der Waals surface area contributed by atoms with Crippen LogP contribution in [0.1, 0.15) is 33.8 Å². The lowest BCUT2D eigenvalue weighted by atomic mass is 10.2. The molecular formula is C24H29Br2Cl2N3O3. The van der Waals surface area contributed by atoms with Gasteiger partial charge in [0, 0.05) is 20.7 Å². The van der Waals surface area contributed by atoms with Crippen LogP contribution < -0.4 is 14.2 Å². The van der Waals surface area contributed by atoms with Gasteiger partial charge in [-0.2, -0.15) is 0 Å². The molecular weight excluding hydrogens is 609 g/mol. The van der Waals surface area contributed by atoms with Crippen LogP contribution in [0.4, 0.5) is 0 Å². The largest absolute Gasteiger partial charge is 0.481 e. The molecule has 3 aromatic heterocycles. The Morgan fingerprint density at radius 1 is 0.647 bits per heavy atom. The summed E-state index contributed by atoms with van der Waals surface area (Å²) in [6.07, 6.45) is 0. The van der Waals surface area contributed by atoms with E-state index in [9.17, 15) is 0 Å². The van der Waals surface area contributed by atoms with E-state index in [0.717, 1.165) is 42.7 Å². The molecule has 0 radical (unpaired) electrons. The van der Waals surface area contributed by atoms with Crippen molar-refractivity contribution in [1.82, 2.24) is 15.0 Å². The number of ether oxygens (including phenoxy) is 3. The van der Waals surface area contributed by atoms with Crippen LogP contribution in [0.2, 0.25) is 10.0 Å². The lowest BCUT2D eigenvalue weighted by molar-refractivity contribution is 0.396. The van der Waals surface area contributed by atoms with Crippen LogP contribution >= 0.6 is 55.1 Å². The first-order chi connectivity index (χ1) is 15.9. The molecule has 6 nitrogen and oxygen atoms in total. The second-order valence-corrected chi connectivity index (χ2v) is 9.59. The van der Waals surface area contributed by atoms with Gasteiger partial charge < -0.3 is 14.2 Å². The molecule has 0 bridgehead atoms. The lowest BCUT2D eigenvalue weighted by Gasteiger charge is -2.08. The zero-order chi connectivity index (χ0) is 26.2. The van der Waals surface area contributed by atoms with Crippen molar-refractivity contribution in [3.8, 4) is 17.6 Å². The van der Waals surface area contributed by atoms with Crippen molar-refractivity contribution in [2.45, 2.75) is 41.5 Å². The normalized spacial score (nSPS) is 9.91. The van der Waals surface area contributed by atoms with E-state index in [4.69, 9.17) is 37.4 Å². The number of halogens is 4. The summed E-state index contributed by atoms with van der Waals surface area (Å²) < 4.78 is 17.0. The Morgan fingerprint density at radius 2 is 1.18 bits per heavy atom. The van der Waals surface area contributed by atoms with Gasteiger partial charge in [0.1, 0.15) is 10.0 Å². The SMILES string of the molecule is COc1cc(C)c(Br)c(C)n1.COc1nc(C)c(Br)c(C)c1Cl.COc1nc(C)cc(C)c1Cl. The third-order valence-electron chi connectivity index (χ3n) is 4.55. The molecule has 0 aliphatic rings. The fraction of sp³-hybridized carbons (Fsp3) is 0.375. The first-order valence-electron chi connectivity index (χ1n) is 10.1. The van der Waals surface area contributed by atoms with E-state index >= 15 is 0 Å². The summed E-state index contributed by atoms with van der Waals surface area (Å²) in [6.45, 7) is 11.6. The number of nitrogens with zero attached hydrogens (tertiary/aromatic N) is 3. The third-order valence-corrected chi connectivity index (χ3v) is 7.82. The molecule has 34 heavy (non-hydrogen) atoms. The summed E-state index contributed by atoms with van der Waals surface area (Å²) in [5, 5.41) is 1.16. The van der Waals surface area contributed by atoms with Gasteiger partial charge in [-0.15, -0.1) is 0 Å². The molecule has 0 fully saturated rings. The molecule has 0 saturated heterocycles. The van der Waals surface area contributed by atoms with Gasteiger partial charge in [0.05, 0.1) is 32.7 Å². The monoisotopic (exact) mass is 635 g/mol. The zero-order valence-corrected chi connectivity index (χ0v) is 25.4.